The zero-order valence-electron chi connectivity index (χ0n) is 21.3. The van der Waals surface area contributed by atoms with Gasteiger partial charge in [-0.25, -0.2) is 4.79 Å². The Kier molecular flexibility index (Phi) is 8.62. The number of benzene rings is 1. The number of unbranched alkanes of at least 4 members (excludes halogenated alkanes) is 5. The van der Waals surface area contributed by atoms with Crippen molar-refractivity contribution in [1.82, 2.24) is 0 Å². The van der Waals surface area contributed by atoms with Crippen molar-refractivity contribution in [3.05, 3.63) is 27.8 Å². The molecular formula is C27H46O3. The van der Waals surface area contributed by atoms with Gasteiger partial charge in [-0.1, -0.05) is 101 Å². The fourth-order valence-corrected chi connectivity index (χ4v) is 4.64. The number of phenolic OH excluding ortho intramolecular Hbond substituents is 1. The van der Waals surface area contributed by atoms with Crippen LogP contribution in [0.4, 0.5) is 0 Å². The molecule has 1 aromatic carbocycles. The van der Waals surface area contributed by atoms with Crippen LogP contribution in [0.1, 0.15) is 140 Å². The van der Waals surface area contributed by atoms with Gasteiger partial charge < -0.3 is 10.2 Å². The number of carboxylic acid groups (broad SMARTS) is 1. The predicted octanol–water partition coefficient (Wildman–Crippen LogP) is 7.89. The largest absolute Gasteiger partial charge is 0.507 e. The number of phenols is 1. The molecule has 30 heavy (non-hydrogen) atoms. The van der Waals surface area contributed by atoms with E-state index in [0.29, 0.717) is 17.7 Å². The maximum Gasteiger partial charge on any atom is 0.336 e. The first-order valence-electron chi connectivity index (χ1n) is 11.7. The van der Waals surface area contributed by atoms with Crippen LogP contribution in [0.3, 0.4) is 0 Å². The highest BCUT2D eigenvalue weighted by Crippen LogP contribution is 2.48. The molecule has 0 aliphatic carbocycles. The van der Waals surface area contributed by atoms with Crippen LogP contribution in [0.25, 0.3) is 0 Å². The highest BCUT2D eigenvalue weighted by molar-refractivity contribution is 5.94. The van der Waals surface area contributed by atoms with Gasteiger partial charge in [0.1, 0.15) is 5.75 Å². The van der Waals surface area contributed by atoms with E-state index in [-0.39, 0.29) is 16.2 Å². The van der Waals surface area contributed by atoms with E-state index in [4.69, 9.17) is 0 Å². The molecule has 0 spiro atoms. The molecule has 0 aliphatic rings. The fraction of sp³-hybridized carbons (Fsp3) is 0.741. The summed E-state index contributed by atoms with van der Waals surface area (Å²) in [5.41, 5.74) is 2.53. The van der Waals surface area contributed by atoms with Gasteiger partial charge in [-0.3, -0.25) is 0 Å². The van der Waals surface area contributed by atoms with Crippen molar-refractivity contribution in [3.8, 4) is 5.75 Å². The van der Waals surface area contributed by atoms with Crippen LogP contribution in [-0.4, -0.2) is 16.2 Å². The molecule has 1 rings (SSSR count). The third-order valence-corrected chi connectivity index (χ3v) is 5.82. The van der Waals surface area contributed by atoms with Crippen molar-refractivity contribution < 1.29 is 15.0 Å². The van der Waals surface area contributed by atoms with E-state index in [9.17, 15) is 15.0 Å². The summed E-state index contributed by atoms with van der Waals surface area (Å²) in [6.45, 7) is 20.7. The topological polar surface area (TPSA) is 57.5 Å². The Labute approximate surface area is 185 Å². The monoisotopic (exact) mass is 418 g/mol. The lowest BCUT2D eigenvalue weighted by Gasteiger charge is -2.37. The third kappa shape index (κ3) is 6.25. The predicted molar refractivity (Wildman–Crippen MR) is 128 cm³/mol. The Bertz CT molecular complexity index is 738. The quantitative estimate of drug-likeness (QED) is 0.422. The van der Waals surface area contributed by atoms with E-state index in [2.05, 4.69) is 69.2 Å². The maximum absolute atomic E-state index is 12.7. The lowest BCUT2D eigenvalue weighted by atomic mass is 9.67. The van der Waals surface area contributed by atoms with Crippen LogP contribution < -0.4 is 0 Å². The zero-order chi connectivity index (χ0) is 23.5. The van der Waals surface area contributed by atoms with Crippen molar-refractivity contribution in [2.45, 2.75) is 130 Å². The Morgan fingerprint density at radius 2 is 1.13 bits per heavy atom. The summed E-state index contributed by atoms with van der Waals surface area (Å²) < 4.78 is 0. The molecule has 3 heteroatoms. The Hall–Kier alpha value is -1.51. The van der Waals surface area contributed by atoms with Gasteiger partial charge in [-0.2, -0.15) is 0 Å². The molecule has 0 unspecified atom stereocenters. The van der Waals surface area contributed by atoms with Gasteiger partial charge in [-0.15, -0.1) is 0 Å². The summed E-state index contributed by atoms with van der Waals surface area (Å²) in [6.07, 6.45) is 7.62. The van der Waals surface area contributed by atoms with Crippen LogP contribution in [0.15, 0.2) is 0 Å². The van der Waals surface area contributed by atoms with Gasteiger partial charge in [0.2, 0.25) is 0 Å². The van der Waals surface area contributed by atoms with E-state index in [1.54, 1.807) is 0 Å². The summed E-state index contributed by atoms with van der Waals surface area (Å²) >= 11 is 0. The smallest absolute Gasteiger partial charge is 0.336 e. The molecule has 0 aliphatic heterocycles. The van der Waals surface area contributed by atoms with Crippen molar-refractivity contribution >= 4 is 5.97 Å². The second kappa shape index (κ2) is 9.75. The second-order valence-electron chi connectivity index (χ2n) is 11.9. The van der Waals surface area contributed by atoms with E-state index < -0.39 is 5.97 Å². The molecule has 1 aromatic rings. The number of aromatic carboxylic acids is 1. The minimum atomic E-state index is -0.878. The van der Waals surface area contributed by atoms with Gasteiger partial charge in [-0.05, 0) is 40.2 Å². The lowest BCUT2D eigenvalue weighted by molar-refractivity contribution is 0.0692. The molecule has 0 fully saturated rings. The van der Waals surface area contributed by atoms with Gasteiger partial charge in [0.25, 0.3) is 0 Å². The number of carbonyl (C=O) groups is 1. The lowest BCUT2D eigenvalue weighted by Crippen LogP contribution is -2.30. The standard InChI is InChI=1S/C27H46O3/c1-11-12-13-14-15-16-17-18-19(24(29)30)21(26(5,6)7)22(27(8,9)10)23(28)20(18)25(2,3)4/h28H,11-17H2,1-10H3,(H,29,30). The first kappa shape index (κ1) is 26.5. The second-order valence-corrected chi connectivity index (χ2v) is 11.9. The molecule has 3 nitrogen and oxygen atoms in total. The van der Waals surface area contributed by atoms with Crippen LogP contribution in [0.2, 0.25) is 0 Å². The summed E-state index contributed by atoms with van der Waals surface area (Å²) in [6, 6.07) is 0. The van der Waals surface area contributed by atoms with Crippen molar-refractivity contribution in [2.24, 2.45) is 0 Å². The molecule has 0 radical (unpaired) electrons. The fourth-order valence-electron chi connectivity index (χ4n) is 4.64. The average molecular weight is 419 g/mol. The Morgan fingerprint density at radius 1 is 0.700 bits per heavy atom. The zero-order valence-corrected chi connectivity index (χ0v) is 21.3. The molecule has 2 N–H and O–H groups in total. The molecule has 0 aromatic heterocycles. The molecule has 0 atom stereocenters. The Morgan fingerprint density at radius 3 is 1.53 bits per heavy atom. The van der Waals surface area contributed by atoms with Crippen molar-refractivity contribution in [1.29, 1.82) is 0 Å². The summed E-state index contributed by atoms with van der Waals surface area (Å²) in [5, 5.41) is 21.9. The van der Waals surface area contributed by atoms with Gasteiger partial charge in [0.05, 0.1) is 5.56 Å². The highest BCUT2D eigenvalue weighted by atomic mass is 16.4. The normalized spacial score (nSPS) is 13.0. The molecular weight excluding hydrogens is 372 g/mol. The van der Waals surface area contributed by atoms with Gasteiger partial charge in [0.15, 0.2) is 0 Å². The van der Waals surface area contributed by atoms with Crippen molar-refractivity contribution in [2.75, 3.05) is 0 Å². The number of rotatable bonds is 8. The minimum absolute atomic E-state index is 0.297. The van der Waals surface area contributed by atoms with Crippen LogP contribution in [0, 0.1) is 0 Å². The number of carboxylic acids is 1. The summed E-state index contributed by atoms with van der Waals surface area (Å²) in [4.78, 5) is 12.7. The molecule has 172 valence electrons. The van der Waals surface area contributed by atoms with E-state index in [1.165, 1.54) is 25.7 Å². The Balaban J connectivity index is 3.80. The SMILES string of the molecule is CCCCCCCCc1c(C(=O)O)c(C(C)(C)C)c(C(C)(C)C)c(O)c1C(C)(C)C. The van der Waals surface area contributed by atoms with Gasteiger partial charge in [0, 0.05) is 11.1 Å². The molecule has 0 bridgehead atoms. The number of aromatic hydroxyl groups is 1. The minimum Gasteiger partial charge on any atom is -0.507 e. The van der Waals surface area contributed by atoms with E-state index in [1.807, 2.05) is 0 Å². The number of hydrogen-bond donors (Lipinski definition) is 2. The third-order valence-electron chi connectivity index (χ3n) is 5.82. The van der Waals surface area contributed by atoms with Crippen LogP contribution in [0.5, 0.6) is 5.75 Å². The van der Waals surface area contributed by atoms with E-state index in [0.717, 1.165) is 35.1 Å². The highest BCUT2D eigenvalue weighted by Gasteiger charge is 2.39. The van der Waals surface area contributed by atoms with Crippen LogP contribution in [-0.2, 0) is 22.7 Å². The average Bonchev–Trinajstić information content (AvgIpc) is 2.53. The van der Waals surface area contributed by atoms with E-state index >= 15 is 0 Å². The first-order valence-corrected chi connectivity index (χ1v) is 11.7. The van der Waals surface area contributed by atoms with Gasteiger partial charge >= 0.3 is 5.97 Å². The molecule has 0 saturated carbocycles. The molecule has 0 amide bonds. The molecule has 0 heterocycles. The summed E-state index contributed by atoms with van der Waals surface area (Å²) in [5.74, 6) is -0.581. The number of hydrogen-bond acceptors (Lipinski definition) is 2. The van der Waals surface area contributed by atoms with Crippen LogP contribution >= 0.6 is 0 Å². The van der Waals surface area contributed by atoms with Crippen molar-refractivity contribution in [3.63, 3.8) is 0 Å². The maximum atomic E-state index is 12.7. The first-order chi connectivity index (χ1) is 13.5. The molecule has 0 saturated heterocycles. The summed E-state index contributed by atoms with van der Waals surface area (Å²) in [7, 11) is 0.